The minimum atomic E-state index is -0.767. The van der Waals surface area contributed by atoms with E-state index in [1.54, 1.807) is 6.07 Å². The van der Waals surface area contributed by atoms with Gasteiger partial charge in [-0.05, 0) is 30.8 Å². The summed E-state index contributed by atoms with van der Waals surface area (Å²) in [6.07, 6.45) is 0. The summed E-state index contributed by atoms with van der Waals surface area (Å²) in [5.41, 5.74) is 0.308. The van der Waals surface area contributed by atoms with Crippen LogP contribution in [-0.4, -0.2) is 13.7 Å². The highest BCUT2D eigenvalue weighted by Gasteiger charge is 2.21. The minimum Gasteiger partial charge on any atom is -0.497 e. The first-order valence-electron chi connectivity index (χ1n) is 6.58. The van der Waals surface area contributed by atoms with Crippen molar-refractivity contribution in [3.8, 4) is 5.75 Å². The van der Waals surface area contributed by atoms with Crippen LogP contribution < -0.4 is 10.1 Å². The lowest BCUT2D eigenvalue weighted by Gasteiger charge is -2.20. The molecule has 0 saturated heterocycles. The van der Waals surface area contributed by atoms with E-state index in [4.69, 9.17) is 4.74 Å². The summed E-state index contributed by atoms with van der Waals surface area (Å²) in [7, 11) is 1.43. The Bertz CT molecular complexity index is 631. The predicted molar refractivity (Wildman–Crippen MR) is 74.8 cm³/mol. The number of halogens is 3. The van der Waals surface area contributed by atoms with E-state index in [0.717, 1.165) is 18.2 Å². The fourth-order valence-corrected chi connectivity index (χ4v) is 2.20. The summed E-state index contributed by atoms with van der Waals surface area (Å²) in [5.74, 6) is -1.32. The smallest absolute Gasteiger partial charge is 0.132 e. The molecular weight excluding hydrogens is 279 g/mol. The van der Waals surface area contributed by atoms with Crippen molar-refractivity contribution < 1.29 is 17.9 Å². The highest BCUT2D eigenvalue weighted by atomic mass is 19.1. The number of nitrogens with one attached hydrogen (secondary N) is 1. The molecule has 1 unspecified atom stereocenters. The Morgan fingerprint density at radius 2 is 1.76 bits per heavy atom. The topological polar surface area (TPSA) is 21.3 Å². The molecule has 21 heavy (non-hydrogen) atoms. The van der Waals surface area contributed by atoms with Gasteiger partial charge in [-0.25, -0.2) is 13.2 Å². The van der Waals surface area contributed by atoms with Crippen LogP contribution in [0.25, 0.3) is 0 Å². The van der Waals surface area contributed by atoms with Crippen molar-refractivity contribution in [2.45, 2.75) is 13.0 Å². The van der Waals surface area contributed by atoms with Crippen LogP contribution in [0.1, 0.15) is 24.1 Å². The monoisotopic (exact) mass is 295 g/mol. The zero-order chi connectivity index (χ0) is 15.4. The van der Waals surface area contributed by atoms with Crippen LogP contribution in [-0.2, 0) is 0 Å². The highest BCUT2D eigenvalue weighted by molar-refractivity contribution is 5.37. The predicted octanol–water partition coefficient (Wildman–Crippen LogP) is 3.81. The molecule has 0 fully saturated rings. The van der Waals surface area contributed by atoms with Gasteiger partial charge in [-0.3, -0.25) is 0 Å². The van der Waals surface area contributed by atoms with Gasteiger partial charge in [-0.1, -0.05) is 13.0 Å². The van der Waals surface area contributed by atoms with E-state index < -0.39 is 23.5 Å². The van der Waals surface area contributed by atoms with Gasteiger partial charge in [0.15, 0.2) is 0 Å². The fraction of sp³-hybridized carbons (Fsp3) is 0.250. The summed E-state index contributed by atoms with van der Waals surface area (Å²) in [6, 6.07) is 6.69. The molecule has 0 aromatic heterocycles. The lowest BCUT2D eigenvalue weighted by atomic mass is 9.97. The highest BCUT2D eigenvalue weighted by Crippen LogP contribution is 2.29. The van der Waals surface area contributed by atoms with Crippen molar-refractivity contribution in [2.75, 3.05) is 13.7 Å². The number of rotatable bonds is 5. The van der Waals surface area contributed by atoms with Crippen molar-refractivity contribution in [1.82, 2.24) is 5.32 Å². The third-order valence-corrected chi connectivity index (χ3v) is 3.20. The number of hydrogen-bond acceptors (Lipinski definition) is 2. The van der Waals surface area contributed by atoms with Gasteiger partial charge < -0.3 is 10.1 Å². The van der Waals surface area contributed by atoms with E-state index in [-0.39, 0.29) is 11.1 Å². The second-order valence-electron chi connectivity index (χ2n) is 4.54. The van der Waals surface area contributed by atoms with Crippen molar-refractivity contribution in [1.29, 1.82) is 0 Å². The summed E-state index contributed by atoms with van der Waals surface area (Å²) >= 11 is 0. The molecule has 1 N–H and O–H groups in total. The molecule has 2 aromatic rings. The second-order valence-corrected chi connectivity index (χ2v) is 4.54. The van der Waals surface area contributed by atoms with Crippen molar-refractivity contribution in [2.24, 2.45) is 0 Å². The van der Waals surface area contributed by atoms with E-state index in [1.165, 1.54) is 19.2 Å². The molecule has 2 rings (SSSR count). The molecule has 0 aliphatic rings. The van der Waals surface area contributed by atoms with Gasteiger partial charge in [0.05, 0.1) is 13.2 Å². The van der Waals surface area contributed by atoms with Gasteiger partial charge in [0.1, 0.15) is 23.2 Å². The fourth-order valence-electron chi connectivity index (χ4n) is 2.20. The Labute approximate surface area is 121 Å². The van der Waals surface area contributed by atoms with Gasteiger partial charge in [0.2, 0.25) is 0 Å². The molecule has 0 spiro atoms. The average molecular weight is 295 g/mol. The van der Waals surface area contributed by atoms with Crippen LogP contribution in [0.5, 0.6) is 5.75 Å². The minimum absolute atomic E-state index is 0.0703. The number of ether oxygens (including phenoxy) is 1. The maximum Gasteiger partial charge on any atom is 0.132 e. The van der Waals surface area contributed by atoms with Crippen LogP contribution in [0.2, 0.25) is 0 Å². The van der Waals surface area contributed by atoms with E-state index in [0.29, 0.717) is 12.3 Å². The largest absolute Gasteiger partial charge is 0.497 e. The molecule has 0 bridgehead atoms. The van der Waals surface area contributed by atoms with Crippen molar-refractivity contribution >= 4 is 0 Å². The standard InChI is InChI=1S/C16H16F3NO/c1-3-20-16(13-8-10(17)4-7-14(13)18)12-6-5-11(21-2)9-15(12)19/h4-9,16,20H,3H2,1-2H3. The van der Waals surface area contributed by atoms with Crippen molar-refractivity contribution in [3.63, 3.8) is 0 Å². The second kappa shape index (κ2) is 6.63. The molecule has 112 valence electrons. The zero-order valence-electron chi connectivity index (χ0n) is 11.8. The first-order chi connectivity index (χ1) is 10.1. The summed E-state index contributed by atoms with van der Waals surface area (Å²) in [4.78, 5) is 0. The van der Waals surface area contributed by atoms with Gasteiger partial charge in [0, 0.05) is 17.2 Å². The maximum atomic E-state index is 14.2. The van der Waals surface area contributed by atoms with Crippen LogP contribution >= 0.6 is 0 Å². The molecule has 0 radical (unpaired) electrons. The summed E-state index contributed by atoms with van der Waals surface area (Å²) in [5, 5.41) is 2.97. The molecular formula is C16H16F3NO. The molecule has 1 atom stereocenters. The number of hydrogen-bond donors (Lipinski definition) is 1. The summed E-state index contributed by atoms with van der Waals surface area (Å²) in [6.45, 7) is 2.29. The normalized spacial score (nSPS) is 12.2. The Hall–Kier alpha value is -2.01. The maximum absolute atomic E-state index is 14.2. The third-order valence-electron chi connectivity index (χ3n) is 3.20. The van der Waals surface area contributed by atoms with E-state index >= 15 is 0 Å². The lowest BCUT2D eigenvalue weighted by Crippen LogP contribution is -2.24. The van der Waals surface area contributed by atoms with E-state index in [1.807, 2.05) is 6.92 Å². The Morgan fingerprint density at radius 3 is 2.38 bits per heavy atom. The molecule has 0 aliphatic carbocycles. The lowest BCUT2D eigenvalue weighted by molar-refractivity contribution is 0.409. The van der Waals surface area contributed by atoms with E-state index in [2.05, 4.69) is 5.32 Å². The molecule has 0 heterocycles. The zero-order valence-corrected chi connectivity index (χ0v) is 11.8. The number of benzene rings is 2. The third kappa shape index (κ3) is 3.36. The summed E-state index contributed by atoms with van der Waals surface area (Å²) < 4.78 is 46.5. The molecule has 0 aliphatic heterocycles. The van der Waals surface area contributed by atoms with Gasteiger partial charge in [0.25, 0.3) is 0 Å². The van der Waals surface area contributed by atoms with Crippen LogP contribution in [0.3, 0.4) is 0 Å². The van der Waals surface area contributed by atoms with Gasteiger partial charge >= 0.3 is 0 Å². The SMILES string of the molecule is CCNC(c1ccc(OC)cc1F)c1cc(F)ccc1F. The van der Waals surface area contributed by atoms with Crippen LogP contribution in [0.4, 0.5) is 13.2 Å². The van der Waals surface area contributed by atoms with E-state index in [9.17, 15) is 13.2 Å². The van der Waals surface area contributed by atoms with Gasteiger partial charge in [-0.15, -0.1) is 0 Å². The molecule has 0 amide bonds. The first-order valence-corrected chi connectivity index (χ1v) is 6.58. The Balaban J connectivity index is 2.50. The molecule has 5 heteroatoms. The first kappa shape index (κ1) is 15.4. The van der Waals surface area contributed by atoms with Gasteiger partial charge in [-0.2, -0.15) is 0 Å². The quantitative estimate of drug-likeness (QED) is 0.905. The Morgan fingerprint density at radius 1 is 1.00 bits per heavy atom. The molecule has 0 saturated carbocycles. The average Bonchev–Trinajstić information content (AvgIpc) is 2.48. The number of methoxy groups -OCH3 is 1. The molecule has 2 nitrogen and oxygen atoms in total. The van der Waals surface area contributed by atoms with Crippen molar-refractivity contribution in [3.05, 3.63) is 65.0 Å². The Kier molecular flexibility index (Phi) is 4.85. The van der Waals surface area contributed by atoms with Crippen LogP contribution in [0, 0.1) is 17.5 Å². The molecule has 2 aromatic carbocycles. The van der Waals surface area contributed by atoms with Crippen LogP contribution in [0.15, 0.2) is 36.4 Å².